The summed E-state index contributed by atoms with van der Waals surface area (Å²) in [6.07, 6.45) is 0. The number of hydrogen-bond acceptors (Lipinski definition) is 1. The van der Waals surface area contributed by atoms with E-state index < -0.39 is 5.82 Å². The highest BCUT2D eigenvalue weighted by Crippen LogP contribution is 2.31. The fourth-order valence-corrected chi connectivity index (χ4v) is 2.19. The van der Waals surface area contributed by atoms with Crippen LogP contribution in [0.1, 0.15) is 12.5 Å². The van der Waals surface area contributed by atoms with Crippen LogP contribution in [-0.2, 0) is 6.54 Å². The highest BCUT2D eigenvalue weighted by molar-refractivity contribution is 6.33. The van der Waals surface area contributed by atoms with Crippen molar-refractivity contribution in [1.29, 1.82) is 0 Å². The first-order chi connectivity index (χ1) is 9.11. The van der Waals surface area contributed by atoms with E-state index in [1.807, 2.05) is 6.92 Å². The third-order valence-electron chi connectivity index (χ3n) is 2.86. The van der Waals surface area contributed by atoms with E-state index in [2.05, 4.69) is 5.32 Å². The van der Waals surface area contributed by atoms with Crippen LogP contribution in [0.15, 0.2) is 36.4 Å². The van der Waals surface area contributed by atoms with Gasteiger partial charge in [-0.25, -0.2) is 8.78 Å². The molecule has 2 rings (SSSR count). The van der Waals surface area contributed by atoms with Crippen LogP contribution in [0.25, 0.3) is 11.1 Å². The predicted octanol–water partition coefficient (Wildman–Crippen LogP) is 4.39. The van der Waals surface area contributed by atoms with E-state index in [-0.39, 0.29) is 10.8 Å². The molecule has 0 unspecified atom stereocenters. The first-order valence-electron chi connectivity index (χ1n) is 6.06. The molecular weight excluding hydrogens is 268 g/mol. The topological polar surface area (TPSA) is 12.0 Å². The first kappa shape index (κ1) is 14.0. The summed E-state index contributed by atoms with van der Waals surface area (Å²) in [5, 5.41) is 3.47. The molecule has 0 fully saturated rings. The highest BCUT2D eigenvalue weighted by Gasteiger charge is 2.10. The summed E-state index contributed by atoms with van der Waals surface area (Å²) in [7, 11) is 0. The summed E-state index contributed by atoms with van der Waals surface area (Å²) >= 11 is 6.04. The van der Waals surface area contributed by atoms with Crippen LogP contribution in [-0.4, -0.2) is 6.54 Å². The van der Waals surface area contributed by atoms with Crippen molar-refractivity contribution in [3.05, 3.63) is 58.6 Å². The van der Waals surface area contributed by atoms with E-state index in [9.17, 15) is 8.78 Å². The maximum atomic E-state index is 13.4. The molecule has 100 valence electrons. The van der Waals surface area contributed by atoms with Gasteiger partial charge in [-0.3, -0.25) is 0 Å². The zero-order valence-corrected chi connectivity index (χ0v) is 11.3. The molecule has 0 radical (unpaired) electrons. The standard InChI is InChI=1S/C15H14ClF2N/c1-2-19-9-10-3-4-11(17)7-14(10)13-6-5-12(18)8-15(13)16/h3-8,19H,2,9H2,1H3. The highest BCUT2D eigenvalue weighted by atomic mass is 35.5. The predicted molar refractivity (Wildman–Crippen MR) is 74.2 cm³/mol. The largest absolute Gasteiger partial charge is 0.313 e. The molecule has 0 aliphatic rings. The van der Waals surface area contributed by atoms with Gasteiger partial charge < -0.3 is 5.32 Å². The smallest absolute Gasteiger partial charge is 0.124 e. The Balaban J connectivity index is 2.49. The molecule has 19 heavy (non-hydrogen) atoms. The number of hydrogen-bond donors (Lipinski definition) is 1. The van der Waals surface area contributed by atoms with Crippen LogP contribution in [0.2, 0.25) is 5.02 Å². The minimum atomic E-state index is -0.404. The Bertz CT molecular complexity index is 584. The SMILES string of the molecule is CCNCc1ccc(F)cc1-c1ccc(F)cc1Cl. The number of halogens is 3. The van der Waals surface area contributed by atoms with Crippen molar-refractivity contribution >= 4 is 11.6 Å². The van der Waals surface area contributed by atoms with Crippen LogP contribution < -0.4 is 5.32 Å². The second kappa shape index (κ2) is 6.13. The molecular formula is C15H14ClF2N. The monoisotopic (exact) mass is 281 g/mol. The summed E-state index contributed by atoms with van der Waals surface area (Å²) in [5.74, 6) is -0.742. The van der Waals surface area contributed by atoms with Gasteiger partial charge in [0.05, 0.1) is 5.02 Å². The molecule has 0 spiro atoms. The van der Waals surface area contributed by atoms with Crippen molar-refractivity contribution in [1.82, 2.24) is 5.32 Å². The van der Waals surface area contributed by atoms with Gasteiger partial charge in [0.15, 0.2) is 0 Å². The summed E-state index contributed by atoms with van der Waals surface area (Å²) in [6.45, 7) is 3.42. The van der Waals surface area contributed by atoms with Gasteiger partial charge in [-0.05, 0) is 48.0 Å². The van der Waals surface area contributed by atoms with Gasteiger partial charge >= 0.3 is 0 Å². The van der Waals surface area contributed by atoms with Crippen molar-refractivity contribution in [3.8, 4) is 11.1 Å². The minimum Gasteiger partial charge on any atom is -0.313 e. The van der Waals surface area contributed by atoms with Crippen molar-refractivity contribution in [2.45, 2.75) is 13.5 Å². The van der Waals surface area contributed by atoms with Crippen molar-refractivity contribution in [2.24, 2.45) is 0 Å². The zero-order chi connectivity index (χ0) is 13.8. The summed E-state index contributed by atoms with van der Waals surface area (Å²) in [5.41, 5.74) is 2.25. The number of rotatable bonds is 4. The average Bonchev–Trinajstić information content (AvgIpc) is 2.37. The third-order valence-corrected chi connectivity index (χ3v) is 3.17. The molecule has 0 bridgehead atoms. The molecule has 4 heteroatoms. The lowest BCUT2D eigenvalue weighted by molar-refractivity contribution is 0.626. The Kier molecular flexibility index (Phi) is 4.51. The molecule has 2 aromatic rings. The number of benzene rings is 2. The second-order valence-corrected chi connectivity index (χ2v) is 4.61. The molecule has 0 saturated carbocycles. The van der Waals surface area contributed by atoms with Gasteiger partial charge in [-0.1, -0.05) is 24.6 Å². The van der Waals surface area contributed by atoms with Crippen molar-refractivity contribution < 1.29 is 8.78 Å². The molecule has 0 amide bonds. The zero-order valence-electron chi connectivity index (χ0n) is 10.5. The first-order valence-corrected chi connectivity index (χ1v) is 6.44. The Hall–Kier alpha value is -1.45. The summed E-state index contributed by atoms with van der Waals surface area (Å²) in [6, 6.07) is 8.68. The molecule has 1 N–H and O–H groups in total. The average molecular weight is 282 g/mol. The lowest BCUT2D eigenvalue weighted by Crippen LogP contribution is -2.12. The molecule has 0 atom stereocenters. The van der Waals surface area contributed by atoms with Crippen molar-refractivity contribution in [2.75, 3.05) is 6.54 Å². The fourth-order valence-electron chi connectivity index (χ4n) is 1.92. The van der Waals surface area contributed by atoms with Crippen LogP contribution in [0.3, 0.4) is 0 Å². The maximum absolute atomic E-state index is 13.4. The maximum Gasteiger partial charge on any atom is 0.124 e. The van der Waals surface area contributed by atoms with Gasteiger partial charge in [-0.15, -0.1) is 0 Å². The van der Waals surface area contributed by atoms with E-state index in [4.69, 9.17) is 11.6 Å². The summed E-state index contributed by atoms with van der Waals surface area (Å²) < 4.78 is 26.5. The van der Waals surface area contributed by atoms with Gasteiger partial charge in [0, 0.05) is 12.1 Å². The van der Waals surface area contributed by atoms with E-state index in [0.717, 1.165) is 12.1 Å². The van der Waals surface area contributed by atoms with Gasteiger partial charge in [0.2, 0.25) is 0 Å². The molecule has 0 saturated heterocycles. The van der Waals surface area contributed by atoms with Crippen LogP contribution in [0.5, 0.6) is 0 Å². The van der Waals surface area contributed by atoms with E-state index >= 15 is 0 Å². The quantitative estimate of drug-likeness (QED) is 0.876. The van der Waals surface area contributed by atoms with Gasteiger partial charge in [0.1, 0.15) is 11.6 Å². The number of nitrogens with one attached hydrogen (secondary N) is 1. The molecule has 0 aliphatic heterocycles. The van der Waals surface area contributed by atoms with E-state index in [0.29, 0.717) is 17.7 Å². The Morgan fingerprint density at radius 2 is 1.68 bits per heavy atom. The Morgan fingerprint density at radius 3 is 2.37 bits per heavy atom. The molecule has 2 aromatic carbocycles. The third kappa shape index (κ3) is 3.31. The van der Waals surface area contributed by atoms with E-state index in [1.165, 1.54) is 24.3 Å². The van der Waals surface area contributed by atoms with Gasteiger partial charge in [0.25, 0.3) is 0 Å². The lowest BCUT2D eigenvalue weighted by Gasteiger charge is -2.12. The van der Waals surface area contributed by atoms with E-state index in [1.54, 1.807) is 12.1 Å². The Labute approximate surface area is 116 Å². The minimum absolute atomic E-state index is 0.281. The fraction of sp³-hybridized carbons (Fsp3) is 0.200. The lowest BCUT2D eigenvalue weighted by atomic mass is 9.99. The molecule has 0 aliphatic carbocycles. The summed E-state index contributed by atoms with van der Waals surface area (Å²) in [4.78, 5) is 0. The normalized spacial score (nSPS) is 10.7. The van der Waals surface area contributed by atoms with Crippen molar-refractivity contribution in [3.63, 3.8) is 0 Å². The van der Waals surface area contributed by atoms with Crippen LogP contribution in [0.4, 0.5) is 8.78 Å². The van der Waals surface area contributed by atoms with Crippen LogP contribution >= 0.6 is 11.6 Å². The second-order valence-electron chi connectivity index (χ2n) is 4.21. The molecule has 1 nitrogen and oxygen atoms in total. The molecule has 0 aromatic heterocycles. The Morgan fingerprint density at radius 1 is 1.00 bits per heavy atom. The van der Waals surface area contributed by atoms with Gasteiger partial charge in [-0.2, -0.15) is 0 Å². The molecule has 0 heterocycles. The van der Waals surface area contributed by atoms with Crippen LogP contribution in [0, 0.1) is 11.6 Å².